The normalized spacial score (nSPS) is 21.1. The van der Waals surface area contributed by atoms with Gasteiger partial charge in [-0.3, -0.25) is 4.79 Å². The van der Waals surface area contributed by atoms with Gasteiger partial charge in [-0.25, -0.2) is 0 Å². The van der Waals surface area contributed by atoms with Crippen LogP contribution < -0.4 is 4.90 Å². The number of para-hydroxylation sites is 1. The number of benzene rings is 1. The number of Topliss-reactive ketones (excluding diaryl/α,β-unsaturated/α-hetero) is 1. The van der Waals surface area contributed by atoms with E-state index in [1.54, 1.807) is 0 Å². The molecular formula is C15H21NO. The molecule has 0 amide bonds. The molecule has 0 aromatic heterocycles. The molecule has 1 aromatic rings. The molecule has 2 nitrogen and oxygen atoms in total. The van der Waals surface area contributed by atoms with Gasteiger partial charge < -0.3 is 4.90 Å². The highest BCUT2D eigenvalue weighted by Crippen LogP contribution is 2.31. The zero-order valence-electron chi connectivity index (χ0n) is 10.9. The summed E-state index contributed by atoms with van der Waals surface area (Å²) in [7, 11) is 0. The summed E-state index contributed by atoms with van der Waals surface area (Å²) in [5.74, 6) is 0.923. The van der Waals surface area contributed by atoms with Crippen LogP contribution in [0.1, 0.15) is 45.1 Å². The largest absolute Gasteiger partial charge is 0.368 e. The molecule has 0 aliphatic carbocycles. The van der Waals surface area contributed by atoms with Crippen LogP contribution in [0.3, 0.4) is 0 Å². The second-order valence-electron chi connectivity index (χ2n) is 5.25. The number of piperidine rings is 1. The van der Waals surface area contributed by atoms with Crippen molar-refractivity contribution < 1.29 is 4.79 Å². The lowest BCUT2D eigenvalue weighted by atomic mass is 9.96. The zero-order chi connectivity index (χ0) is 12.4. The molecule has 1 unspecified atom stereocenters. The van der Waals surface area contributed by atoms with Crippen molar-refractivity contribution in [2.45, 2.75) is 45.6 Å². The van der Waals surface area contributed by atoms with Crippen LogP contribution in [0.2, 0.25) is 0 Å². The maximum absolute atomic E-state index is 11.4. The third kappa shape index (κ3) is 2.51. The van der Waals surface area contributed by atoms with Gasteiger partial charge in [-0.2, -0.15) is 0 Å². The van der Waals surface area contributed by atoms with E-state index in [0.29, 0.717) is 30.6 Å². The van der Waals surface area contributed by atoms with E-state index >= 15 is 0 Å². The van der Waals surface area contributed by atoms with Gasteiger partial charge in [-0.05, 0) is 24.5 Å². The Kier molecular flexibility index (Phi) is 3.51. The van der Waals surface area contributed by atoms with E-state index in [2.05, 4.69) is 49.9 Å². The highest BCUT2D eigenvalue weighted by atomic mass is 16.1. The van der Waals surface area contributed by atoms with Crippen LogP contribution in [0.5, 0.6) is 0 Å². The molecule has 1 atom stereocenters. The Morgan fingerprint density at radius 1 is 1.29 bits per heavy atom. The first-order valence-electron chi connectivity index (χ1n) is 6.47. The summed E-state index contributed by atoms with van der Waals surface area (Å²) in [6.07, 6.45) is 1.38. The van der Waals surface area contributed by atoms with Gasteiger partial charge in [-0.15, -0.1) is 0 Å². The van der Waals surface area contributed by atoms with Crippen LogP contribution in [0.15, 0.2) is 24.3 Å². The molecule has 0 N–H and O–H groups in total. The van der Waals surface area contributed by atoms with Crippen LogP contribution >= 0.6 is 0 Å². The second kappa shape index (κ2) is 4.91. The number of hydrogen-bond acceptors (Lipinski definition) is 2. The molecule has 2 rings (SSSR count). The first-order chi connectivity index (χ1) is 8.09. The maximum Gasteiger partial charge on any atom is 0.136 e. The summed E-state index contributed by atoms with van der Waals surface area (Å²) in [5.41, 5.74) is 2.69. The van der Waals surface area contributed by atoms with Gasteiger partial charge in [-0.1, -0.05) is 32.0 Å². The molecule has 1 aliphatic rings. The Morgan fingerprint density at radius 2 is 2.00 bits per heavy atom. The molecule has 1 aromatic carbocycles. The molecule has 1 heterocycles. The van der Waals surface area contributed by atoms with Crippen molar-refractivity contribution in [3.8, 4) is 0 Å². The van der Waals surface area contributed by atoms with Crippen LogP contribution in [0.25, 0.3) is 0 Å². The van der Waals surface area contributed by atoms with E-state index in [9.17, 15) is 4.79 Å². The van der Waals surface area contributed by atoms with Gasteiger partial charge >= 0.3 is 0 Å². The van der Waals surface area contributed by atoms with Crippen LogP contribution in [-0.2, 0) is 4.79 Å². The first-order valence-corrected chi connectivity index (χ1v) is 6.47. The fourth-order valence-corrected chi connectivity index (χ4v) is 2.60. The summed E-state index contributed by atoms with van der Waals surface area (Å²) in [6, 6.07) is 8.89. The molecular weight excluding hydrogens is 210 g/mol. The third-order valence-electron chi connectivity index (χ3n) is 3.55. The fourth-order valence-electron chi connectivity index (χ4n) is 2.60. The van der Waals surface area contributed by atoms with Gasteiger partial charge in [0.15, 0.2) is 0 Å². The monoisotopic (exact) mass is 231 g/mol. The number of nitrogens with zero attached hydrogens (tertiary/aromatic N) is 1. The minimum absolute atomic E-state index is 0.330. The number of carbonyl (C=O) groups is 1. The van der Waals surface area contributed by atoms with Crippen molar-refractivity contribution >= 4 is 11.5 Å². The van der Waals surface area contributed by atoms with Crippen molar-refractivity contribution in [2.24, 2.45) is 0 Å². The number of rotatable bonds is 2. The number of carbonyl (C=O) groups excluding carboxylic acids is 1. The van der Waals surface area contributed by atoms with Gasteiger partial charge in [0.25, 0.3) is 0 Å². The van der Waals surface area contributed by atoms with Gasteiger partial charge in [0, 0.05) is 31.1 Å². The lowest BCUT2D eigenvalue weighted by Crippen LogP contribution is -2.41. The van der Waals surface area contributed by atoms with Crippen molar-refractivity contribution in [3.05, 3.63) is 29.8 Å². The predicted octanol–water partition coefficient (Wildman–Crippen LogP) is 3.37. The van der Waals surface area contributed by atoms with Crippen molar-refractivity contribution in [3.63, 3.8) is 0 Å². The van der Waals surface area contributed by atoms with Gasteiger partial charge in [0.05, 0.1) is 0 Å². The molecule has 1 saturated heterocycles. The van der Waals surface area contributed by atoms with Gasteiger partial charge in [0.1, 0.15) is 5.78 Å². The molecule has 1 aliphatic heterocycles. The highest BCUT2D eigenvalue weighted by Gasteiger charge is 2.25. The summed E-state index contributed by atoms with van der Waals surface area (Å²) in [4.78, 5) is 13.8. The first kappa shape index (κ1) is 12.2. The third-order valence-corrected chi connectivity index (χ3v) is 3.55. The van der Waals surface area contributed by atoms with Crippen LogP contribution in [0, 0.1) is 0 Å². The van der Waals surface area contributed by atoms with Crippen LogP contribution in [0.4, 0.5) is 5.69 Å². The topological polar surface area (TPSA) is 20.3 Å². The molecule has 92 valence electrons. The zero-order valence-corrected chi connectivity index (χ0v) is 10.9. The number of anilines is 1. The van der Waals surface area contributed by atoms with Crippen LogP contribution in [-0.4, -0.2) is 18.4 Å². The van der Waals surface area contributed by atoms with E-state index in [1.165, 1.54) is 11.3 Å². The SMILES string of the molecule is CC(C)c1ccccc1N1CCC(=O)CC1C. The smallest absolute Gasteiger partial charge is 0.136 e. The molecule has 2 heteroatoms. The van der Waals surface area contributed by atoms with Gasteiger partial charge in [0.2, 0.25) is 0 Å². The predicted molar refractivity (Wildman–Crippen MR) is 71.6 cm³/mol. The number of hydrogen-bond donors (Lipinski definition) is 0. The summed E-state index contributed by atoms with van der Waals surface area (Å²) >= 11 is 0. The lowest BCUT2D eigenvalue weighted by Gasteiger charge is -2.36. The molecule has 0 bridgehead atoms. The summed E-state index contributed by atoms with van der Waals surface area (Å²) in [6.45, 7) is 7.45. The van der Waals surface area contributed by atoms with Crippen molar-refractivity contribution in [1.29, 1.82) is 0 Å². The standard InChI is InChI=1S/C15H21NO/c1-11(2)14-6-4-5-7-15(14)16-9-8-13(17)10-12(16)3/h4-7,11-12H,8-10H2,1-3H3. The lowest BCUT2D eigenvalue weighted by molar-refractivity contribution is -0.120. The number of ketones is 1. The minimum Gasteiger partial charge on any atom is -0.368 e. The summed E-state index contributed by atoms with van der Waals surface area (Å²) in [5, 5.41) is 0. The van der Waals surface area contributed by atoms with E-state index in [-0.39, 0.29) is 0 Å². The molecule has 0 radical (unpaired) electrons. The van der Waals surface area contributed by atoms with E-state index in [1.807, 2.05) is 0 Å². The minimum atomic E-state index is 0.330. The second-order valence-corrected chi connectivity index (χ2v) is 5.25. The molecule has 0 spiro atoms. The molecule has 0 saturated carbocycles. The van der Waals surface area contributed by atoms with E-state index in [4.69, 9.17) is 0 Å². The van der Waals surface area contributed by atoms with E-state index < -0.39 is 0 Å². The highest BCUT2D eigenvalue weighted by molar-refractivity contribution is 5.81. The Bertz CT molecular complexity index is 411. The van der Waals surface area contributed by atoms with Crippen molar-refractivity contribution in [1.82, 2.24) is 0 Å². The summed E-state index contributed by atoms with van der Waals surface area (Å²) < 4.78 is 0. The van der Waals surface area contributed by atoms with Crippen molar-refractivity contribution in [2.75, 3.05) is 11.4 Å². The Morgan fingerprint density at radius 3 is 2.65 bits per heavy atom. The molecule has 17 heavy (non-hydrogen) atoms. The Hall–Kier alpha value is -1.31. The van der Waals surface area contributed by atoms with E-state index in [0.717, 1.165) is 6.54 Å². The quantitative estimate of drug-likeness (QED) is 0.777. The fraction of sp³-hybridized carbons (Fsp3) is 0.533. The Labute approximate surface area is 104 Å². The average molecular weight is 231 g/mol. The Balaban J connectivity index is 2.30. The maximum atomic E-state index is 11.4. The average Bonchev–Trinajstić information content (AvgIpc) is 2.29. The molecule has 1 fully saturated rings.